The van der Waals surface area contributed by atoms with Gasteiger partial charge in [0.05, 0.1) is 11.7 Å². The van der Waals surface area contributed by atoms with E-state index < -0.39 is 0 Å². The lowest BCUT2D eigenvalue weighted by atomic mass is 9.91. The summed E-state index contributed by atoms with van der Waals surface area (Å²) < 4.78 is 10.4. The first kappa shape index (κ1) is 29.4. The smallest absolute Gasteiger partial charge is 0.182 e. The van der Waals surface area contributed by atoms with Crippen LogP contribution in [0.25, 0.3) is 0 Å². The minimum atomic E-state index is 0.0718. The van der Waals surface area contributed by atoms with Crippen molar-refractivity contribution in [3.05, 3.63) is 48.7 Å². The Balaban J connectivity index is 1.57. The predicted octanol–water partition coefficient (Wildman–Crippen LogP) is 8.51. The monoisotopic (exact) mass is 503 g/mol. The molecule has 0 spiro atoms. The highest BCUT2D eigenvalue weighted by Gasteiger charge is 2.17. The number of hydrogen-bond acceptors (Lipinski definition) is 6. The quantitative estimate of drug-likeness (QED) is 0.146. The van der Waals surface area contributed by atoms with Crippen molar-refractivity contribution in [1.29, 1.82) is 0 Å². The van der Waals surface area contributed by atoms with Crippen LogP contribution in [0.1, 0.15) is 92.4 Å². The summed E-state index contributed by atoms with van der Waals surface area (Å²) in [6.07, 6.45) is 22.9. The molecule has 5 nitrogen and oxygen atoms in total. The number of oxazole rings is 1. The van der Waals surface area contributed by atoms with E-state index in [0.29, 0.717) is 0 Å². The van der Waals surface area contributed by atoms with Crippen molar-refractivity contribution in [2.45, 2.75) is 98.4 Å². The fourth-order valence-corrected chi connectivity index (χ4v) is 5.40. The predicted molar refractivity (Wildman–Crippen MR) is 151 cm³/mol. The first-order valence-corrected chi connectivity index (χ1v) is 14.7. The molecule has 0 saturated carbocycles. The Morgan fingerprint density at radius 1 is 1.06 bits per heavy atom. The van der Waals surface area contributed by atoms with Crippen LogP contribution in [-0.2, 0) is 4.74 Å². The minimum Gasteiger partial charge on any atom is -0.469 e. The van der Waals surface area contributed by atoms with Gasteiger partial charge in [0, 0.05) is 17.7 Å². The molecule has 2 heterocycles. The van der Waals surface area contributed by atoms with E-state index in [2.05, 4.69) is 56.3 Å². The molecule has 0 amide bonds. The number of ether oxygens (including phenoxy) is 1. The average molecular weight is 504 g/mol. The first-order valence-electron chi connectivity index (χ1n) is 13.6. The molecule has 198 valence electrons. The maximum atomic E-state index is 5.34. The Hall–Kier alpha value is -1.82. The van der Waals surface area contributed by atoms with Crippen molar-refractivity contribution < 1.29 is 9.15 Å². The summed E-state index contributed by atoms with van der Waals surface area (Å²) in [5.41, 5.74) is 2.49. The molecule has 0 radical (unpaired) electrons. The lowest BCUT2D eigenvalue weighted by molar-refractivity contribution is 0.379. The lowest BCUT2D eigenvalue weighted by Gasteiger charge is -2.22. The van der Waals surface area contributed by atoms with Crippen molar-refractivity contribution in [2.75, 3.05) is 16.8 Å². The topological polar surface area (TPSA) is 59.3 Å². The van der Waals surface area contributed by atoms with Gasteiger partial charge in [0.15, 0.2) is 12.2 Å². The third-order valence-electron chi connectivity index (χ3n) is 6.70. The van der Waals surface area contributed by atoms with Crippen LogP contribution >= 0.6 is 11.8 Å². The molecule has 0 fully saturated rings. The van der Waals surface area contributed by atoms with Crippen LogP contribution < -0.4 is 10.6 Å². The van der Waals surface area contributed by atoms with Crippen LogP contribution in [0.15, 0.2) is 53.1 Å². The van der Waals surface area contributed by atoms with Crippen LogP contribution in [0.5, 0.6) is 0 Å². The van der Waals surface area contributed by atoms with E-state index in [1.165, 1.54) is 69.8 Å². The van der Waals surface area contributed by atoms with E-state index in [1.54, 1.807) is 25.0 Å². The van der Waals surface area contributed by atoms with E-state index in [1.807, 2.05) is 11.8 Å². The fourth-order valence-electron chi connectivity index (χ4n) is 4.37. The van der Waals surface area contributed by atoms with Crippen molar-refractivity contribution in [2.24, 2.45) is 17.8 Å². The van der Waals surface area contributed by atoms with Crippen molar-refractivity contribution in [1.82, 2.24) is 10.3 Å². The zero-order valence-corrected chi connectivity index (χ0v) is 23.5. The van der Waals surface area contributed by atoms with Gasteiger partial charge in [-0.15, -0.1) is 0 Å². The summed E-state index contributed by atoms with van der Waals surface area (Å²) in [4.78, 5) is 4.19. The lowest BCUT2D eigenvalue weighted by Crippen LogP contribution is -2.32. The minimum absolute atomic E-state index is 0.0718. The highest BCUT2D eigenvalue weighted by atomic mass is 32.2. The number of nitrogens with one attached hydrogen (secondary N) is 2. The highest BCUT2D eigenvalue weighted by Crippen LogP contribution is 2.22. The Kier molecular flexibility index (Phi) is 14.8. The zero-order valence-electron chi connectivity index (χ0n) is 22.7. The molecule has 0 aliphatic carbocycles. The maximum Gasteiger partial charge on any atom is 0.182 e. The second-order valence-corrected chi connectivity index (χ2v) is 11.7. The van der Waals surface area contributed by atoms with Gasteiger partial charge in [-0.25, -0.2) is 0 Å². The molecule has 2 rings (SSSR count). The second-order valence-electron chi connectivity index (χ2n) is 10.7. The third kappa shape index (κ3) is 13.7. The fraction of sp³-hybridized carbons (Fsp3) is 0.690. The third-order valence-corrected chi connectivity index (χ3v) is 7.67. The van der Waals surface area contributed by atoms with E-state index >= 15 is 0 Å². The number of nitrogens with zero attached hydrogens (tertiary/aromatic N) is 1. The van der Waals surface area contributed by atoms with E-state index in [4.69, 9.17) is 9.15 Å². The van der Waals surface area contributed by atoms with E-state index in [-0.39, 0.29) is 6.04 Å². The van der Waals surface area contributed by atoms with Crippen LogP contribution in [0.3, 0.4) is 0 Å². The number of aromatic nitrogens is 1. The molecule has 0 saturated heterocycles. The van der Waals surface area contributed by atoms with Gasteiger partial charge < -0.3 is 19.8 Å². The Bertz CT molecular complexity index is 758. The number of thioether (sulfide) groups is 1. The van der Waals surface area contributed by atoms with Gasteiger partial charge in [-0.2, -0.15) is 16.7 Å². The van der Waals surface area contributed by atoms with Crippen LogP contribution in [0, 0.1) is 17.8 Å². The molecular formula is C29H49N3O2S. The normalized spacial score (nSPS) is 16.4. The van der Waals surface area contributed by atoms with Gasteiger partial charge in [0.2, 0.25) is 0 Å². The molecule has 0 aromatic carbocycles. The summed E-state index contributed by atoms with van der Waals surface area (Å²) in [5, 5.41) is 6.67. The maximum absolute atomic E-state index is 5.34. The van der Waals surface area contributed by atoms with Gasteiger partial charge in [0.25, 0.3) is 0 Å². The van der Waals surface area contributed by atoms with Crippen LogP contribution in [-0.4, -0.2) is 22.5 Å². The average Bonchev–Trinajstić information content (AvgIpc) is 3.34. The number of anilines is 1. The second kappa shape index (κ2) is 17.6. The molecule has 1 aliphatic heterocycles. The summed E-state index contributed by atoms with van der Waals surface area (Å²) in [7, 11) is 0. The van der Waals surface area contributed by atoms with Gasteiger partial charge in [-0.05, 0) is 37.5 Å². The molecule has 1 aromatic rings. The van der Waals surface area contributed by atoms with Gasteiger partial charge in [-0.3, -0.25) is 0 Å². The highest BCUT2D eigenvalue weighted by molar-refractivity contribution is 7.99. The Morgan fingerprint density at radius 2 is 1.77 bits per heavy atom. The SMILES string of the molecule is CC(=CCSCC(Nc1cocn1)C1=COC=CN1)CCCC(C)CCCC(C)CCCC(C)C. The Labute approximate surface area is 218 Å². The zero-order chi connectivity index (χ0) is 25.3. The molecule has 3 atom stereocenters. The largest absolute Gasteiger partial charge is 0.469 e. The summed E-state index contributed by atoms with van der Waals surface area (Å²) in [6.45, 7) is 11.8. The first-order chi connectivity index (χ1) is 16.9. The van der Waals surface area contributed by atoms with Gasteiger partial charge in [-0.1, -0.05) is 84.3 Å². The van der Waals surface area contributed by atoms with Crippen molar-refractivity contribution >= 4 is 17.6 Å². The molecule has 0 bridgehead atoms. The van der Waals surface area contributed by atoms with Crippen LogP contribution in [0.2, 0.25) is 0 Å². The number of allylic oxidation sites excluding steroid dienone is 1. The molecule has 6 heteroatoms. The number of rotatable bonds is 19. The molecule has 2 N–H and O–H groups in total. The molecule has 35 heavy (non-hydrogen) atoms. The molecular weight excluding hydrogens is 454 g/mol. The summed E-state index contributed by atoms with van der Waals surface area (Å²) in [5.74, 6) is 5.23. The Morgan fingerprint density at radius 3 is 2.40 bits per heavy atom. The van der Waals surface area contributed by atoms with Crippen molar-refractivity contribution in [3.8, 4) is 0 Å². The standard InChI is InChI=1S/C29H49N3O2S/c1-23(2)9-6-10-24(3)11-7-12-25(4)13-8-14-26(5)15-18-35-21-28(27-19-33-17-16-30-27)32-29-20-34-22-31-29/h15-17,19-20,22-25,28,30,32H,6-14,18,21H2,1-5H3. The van der Waals surface area contributed by atoms with Crippen molar-refractivity contribution in [3.63, 3.8) is 0 Å². The van der Waals surface area contributed by atoms with Gasteiger partial charge in [0.1, 0.15) is 18.8 Å². The molecule has 1 aliphatic rings. The molecule has 1 aromatic heterocycles. The van der Waals surface area contributed by atoms with Gasteiger partial charge >= 0.3 is 0 Å². The molecule has 3 unspecified atom stereocenters. The van der Waals surface area contributed by atoms with Crippen LogP contribution in [0.4, 0.5) is 5.82 Å². The van der Waals surface area contributed by atoms with E-state index in [0.717, 1.165) is 40.8 Å². The van der Waals surface area contributed by atoms with E-state index in [9.17, 15) is 0 Å². The number of hydrogen-bond donors (Lipinski definition) is 2. The summed E-state index contributed by atoms with van der Waals surface area (Å²) >= 11 is 1.91. The summed E-state index contributed by atoms with van der Waals surface area (Å²) in [6, 6.07) is 0.0718.